The van der Waals surface area contributed by atoms with E-state index in [2.05, 4.69) is 9.71 Å². The summed E-state index contributed by atoms with van der Waals surface area (Å²) in [6, 6.07) is 2.37. The van der Waals surface area contributed by atoms with Crippen molar-refractivity contribution in [2.24, 2.45) is 0 Å². The molecule has 1 heterocycles. The Morgan fingerprint density at radius 2 is 2.17 bits per heavy atom. The number of nitrogens with zero attached hydrogens (tertiary/aromatic N) is 1. The number of halogens is 1. The fourth-order valence-corrected chi connectivity index (χ4v) is 1.13. The second kappa shape index (κ2) is 3.06. The first-order valence-electron chi connectivity index (χ1n) is 3.07. The molecule has 0 aliphatic rings. The van der Waals surface area contributed by atoms with Crippen LogP contribution in [-0.2, 0) is 10.0 Å². The van der Waals surface area contributed by atoms with Gasteiger partial charge in [-0.05, 0) is 12.1 Å². The molecule has 0 aliphatic carbocycles. The highest BCUT2D eigenvalue weighted by atomic mass is 32.2. The number of nitrogens with one attached hydrogen (secondary N) is 1. The third kappa shape index (κ3) is 2.83. The van der Waals surface area contributed by atoms with Crippen LogP contribution in [0.1, 0.15) is 0 Å². The Kier molecular flexibility index (Phi) is 2.27. The monoisotopic (exact) mass is 190 g/mol. The van der Waals surface area contributed by atoms with Crippen LogP contribution in [0, 0.1) is 5.82 Å². The summed E-state index contributed by atoms with van der Waals surface area (Å²) in [6.07, 6.45) is 1.94. The second-order valence-electron chi connectivity index (χ2n) is 2.24. The molecule has 0 fully saturated rings. The van der Waals surface area contributed by atoms with Gasteiger partial charge in [0, 0.05) is 0 Å². The molecular weight excluding hydrogens is 183 g/mol. The first kappa shape index (κ1) is 8.92. The maximum atomic E-state index is 12.3. The van der Waals surface area contributed by atoms with E-state index in [1.165, 1.54) is 6.07 Å². The number of hydrogen-bond acceptors (Lipinski definition) is 3. The molecule has 4 nitrogen and oxygen atoms in total. The molecule has 0 bridgehead atoms. The number of hydrogen-bond donors (Lipinski definition) is 1. The van der Waals surface area contributed by atoms with Gasteiger partial charge in [-0.2, -0.15) is 0 Å². The van der Waals surface area contributed by atoms with Crippen LogP contribution >= 0.6 is 0 Å². The van der Waals surface area contributed by atoms with Crippen LogP contribution in [0.5, 0.6) is 0 Å². The number of rotatable bonds is 2. The normalized spacial score (nSPS) is 11.2. The molecule has 0 amide bonds. The highest BCUT2D eigenvalue weighted by Gasteiger charge is 2.01. The highest BCUT2D eigenvalue weighted by Crippen LogP contribution is 2.04. The lowest BCUT2D eigenvalue weighted by molar-refractivity contribution is 0.606. The maximum absolute atomic E-state index is 12.3. The zero-order valence-electron chi connectivity index (χ0n) is 6.28. The molecule has 1 rings (SSSR count). The van der Waals surface area contributed by atoms with Crippen molar-refractivity contribution in [1.82, 2.24) is 4.98 Å². The van der Waals surface area contributed by atoms with E-state index in [9.17, 15) is 12.8 Å². The van der Waals surface area contributed by atoms with E-state index >= 15 is 0 Å². The van der Waals surface area contributed by atoms with Crippen molar-refractivity contribution in [2.45, 2.75) is 0 Å². The molecule has 66 valence electrons. The van der Waals surface area contributed by atoms with Gasteiger partial charge in [-0.15, -0.1) is 0 Å². The van der Waals surface area contributed by atoms with Gasteiger partial charge in [0.1, 0.15) is 11.6 Å². The summed E-state index contributed by atoms with van der Waals surface area (Å²) in [6.45, 7) is 0. The van der Waals surface area contributed by atoms with Gasteiger partial charge in [0.15, 0.2) is 0 Å². The smallest absolute Gasteiger partial charge is 0.230 e. The standard InChI is InChI=1S/C6H7FN2O2S/c1-12(10,11)9-6-3-2-5(7)4-8-6/h2-4H,1H3,(H,8,9). The topological polar surface area (TPSA) is 59.1 Å². The average Bonchev–Trinajstić information content (AvgIpc) is 1.91. The van der Waals surface area contributed by atoms with E-state index < -0.39 is 15.8 Å². The lowest BCUT2D eigenvalue weighted by Gasteiger charge is -2.00. The van der Waals surface area contributed by atoms with Crippen molar-refractivity contribution in [2.75, 3.05) is 11.0 Å². The summed E-state index contributed by atoms with van der Waals surface area (Å²) < 4.78 is 35.7. The van der Waals surface area contributed by atoms with Gasteiger partial charge < -0.3 is 0 Å². The van der Waals surface area contributed by atoms with Crippen LogP contribution < -0.4 is 4.72 Å². The van der Waals surface area contributed by atoms with E-state index in [-0.39, 0.29) is 5.82 Å². The summed E-state index contributed by atoms with van der Waals surface area (Å²) in [5, 5.41) is 0. The quantitative estimate of drug-likeness (QED) is 0.742. The van der Waals surface area contributed by atoms with E-state index in [4.69, 9.17) is 0 Å². The van der Waals surface area contributed by atoms with Crippen molar-refractivity contribution in [3.05, 3.63) is 24.1 Å². The van der Waals surface area contributed by atoms with Crippen molar-refractivity contribution in [3.8, 4) is 0 Å². The summed E-state index contributed by atoms with van der Waals surface area (Å²) in [5.41, 5.74) is 0. The Hall–Kier alpha value is -1.17. The average molecular weight is 190 g/mol. The summed E-state index contributed by atoms with van der Waals surface area (Å²) in [5.74, 6) is -0.395. The molecule has 6 heteroatoms. The molecule has 0 unspecified atom stereocenters. The molecule has 0 spiro atoms. The van der Waals surface area contributed by atoms with Gasteiger partial charge in [0.2, 0.25) is 10.0 Å². The van der Waals surface area contributed by atoms with Crippen LogP contribution in [-0.4, -0.2) is 19.7 Å². The van der Waals surface area contributed by atoms with E-state index in [1.807, 2.05) is 0 Å². The first-order valence-corrected chi connectivity index (χ1v) is 4.96. The number of aromatic nitrogens is 1. The zero-order valence-corrected chi connectivity index (χ0v) is 7.10. The lowest BCUT2D eigenvalue weighted by atomic mass is 10.5. The van der Waals surface area contributed by atoms with Gasteiger partial charge in [0.25, 0.3) is 0 Å². The third-order valence-corrected chi connectivity index (χ3v) is 1.60. The van der Waals surface area contributed by atoms with Crippen molar-refractivity contribution >= 4 is 15.8 Å². The van der Waals surface area contributed by atoms with Gasteiger partial charge in [-0.25, -0.2) is 17.8 Å². The van der Waals surface area contributed by atoms with Gasteiger partial charge in [-0.3, -0.25) is 4.72 Å². The molecule has 1 aromatic rings. The largest absolute Gasteiger partial charge is 0.268 e. The Morgan fingerprint density at radius 1 is 1.50 bits per heavy atom. The molecule has 12 heavy (non-hydrogen) atoms. The van der Waals surface area contributed by atoms with Crippen LogP contribution in [0.25, 0.3) is 0 Å². The number of anilines is 1. The van der Waals surface area contributed by atoms with Crippen LogP contribution in [0.15, 0.2) is 18.3 Å². The third-order valence-electron chi connectivity index (χ3n) is 1.02. The van der Waals surface area contributed by atoms with Crippen LogP contribution in [0.2, 0.25) is 0 Å². The van der Waals surface area contributed by atoms with Crippen molar-refractivity contribution in [1.29, 1.82) is 0 Å². The maximum Gasteiger partial charge on any atom is 0.230 e. The van der Waals surface area contributed by atoms with Crippen molar-refractivity contribution < 1.29 is 12.8 Å². The minimum absolute atomic E-state index is 0.110. The fraction of sp³-hybridized carbons (Fsp3) is 0.167. The summed E-state index contributed by atoms with van der Waals surface area (Å²) >= 11 is 0. The SMILES string of the molecule is CS(=O)(=O)Nc1ccc(F)cn1. The number of sulfonamides is 1. The Bertz CT molecular complexity index is 360. The van der Waals surface area contributed by atoms with Gasteiger partial charge in [-0.1, -0.05) is 0 Å². The van der Waals surface area contributed by atoms with E-state index in [0.717, 1.165) is 18.5 Å². The Balaban J connectivity index is 2.85. The van der Waals surface area contributed by atoms with Gasteiger partial charge >= 0.3 is 0 Å². The minimum Gasteiger partial charge on any atom is -0.268 e. The fourth-order valence-electron chi connectivity index (χ4n) is 0.626. The minimum atomic E-state index is -3.32. The predicted octanol–water partition coefficient (Wildman–Crippen LogP) is 0.592. The van der Waals surface area contributed by atoms with E-state index in [0.29, 0.717) is 0 Å². The molecular formula is C6H7FN2O2S. The number of pyridine rings is 1. The Labute approximate surface area is 69.5 Å². The molecule has 0 saturated carbocycles. The zero-order chi connectivity index (χ0) is 9.19. The molecule has 0 radical (unpaired) electrons. The summed E-state index contributed by atoms with van der Waals surface area (Å²) in [4.78, 5) is 3.50. The predicted molar refractivity (Wildman–Crippen MR) is 42.7 cm³/mol. The molecule has 0 aliphatic heterocycles. The molecule has 0 atom stereocenters. The molecule has 1 N–H and O–H groups in total. The van der Waals surface area contributed by atoms with Crippen LogP contribution in [0.3, 0.4) is 0 Å². The van der Waals surface area contributed by atoms with Gasteiger partial charge in [0.05, 0.1) is 12.5 Å². The van der Waals surface area contributed by atoms with Crippen molar-refractivity contribution in [3.63, 3.8) is 0 Å². The molecule has 0 saturated heterocycles. The Morgan fingerprint density at radius 3 is 2.58 bits per heavy atom. The van der Waals surface area contributed by atoms with Crippen LogP contribution in [0.4, 0.5) is 10.2 Å². The lowest BCUT2D eigenvalue weighted by Crippen LogP contribution is -2.10. The molecule has 0 aromatic carbocycles. The van der Waals surface area contributed by atoms with E-state index in [1.54, 1.807) is 0 Å². The highest BCUT2D eigenvalue weighted by molar-refractivity contribution is 7.92. The molecule has 1 aromatic heterocycles. The second-order valence-corrected chi connectivity index (χ2v) is 3.98. The summed E-state index contributed by atoms with van der Waals surface area (Å²) in [7, 11) is -3.32. The first-order chi connectivity index (χ1) is 5.47.